The number of nitrogens with zero attached hydrogens (tertiary/aromatic N) is 5. The summed E-state index contributed by atoms with van der Waals surface area (Å²) in [5.74, 6) is 1.52. The molecule has 0 unspecified atom stereocenters. The van der Waals surface area contributed by atoms with Gasteiger partial charge in [-0.1, -0.05) is 23.7 Å². The van der Waals surface area contributed by atoms with Gasteiger partial charge in [0.1, 0.15) is 11.6 Å². The van der Waals surface area contributed by atoms with Crippen LogP contribution in [0.4, 0.5) is 17.3 Å². The molecule has 0 saturated carbocycles. The molecule has 0 bridgehead atoms. The Hall–Kier alpha value is -3.91. The van der Waals surface area contributed by atoms with Crippen LogP contribution in [0.15, 0.2) is 67.3 Å². The fourth-order valence-electron chi connectivity index (χ4n) is 4.88. The number of nitrogens with two attached hydrogens (primary N) is 1. The maximum atomic E-state index is 12.8. The zero-order chi connectivity index (χ0) is 25.8. The molecule has 1 aromatic carbocycles. The van der Waals surface area contributed by atoms with E-state index in [-0.39, 0.29) is 5.91 Å². The minimum atomic E-state index is -0.221. The molecule has 3 aromatic heterocycles. The maximum absolute atomic E-state index is 12.8. The second-order valence-corrected chi connectivity index (χ2v) is 9.89. The maximum Gasteiger partial charge on any atom is 0.253 e. The number of carbonyl (C=O) groups excluding carboxylic acids is 1. The van der Waals surface area contributed by atoms with E-state index >= 15 is 0 Å². The third-order valence-electron chi connectivity index (χ3n) is 6.93. The summed E-state index contributed by atoms with van der Waals surface area (Å²) in [6.07, 6.45) is 9.14. The minimum absolute atomic E-state index is 0.221. The molecule has 3 N–H and O–H groups in total. The first kappa shape index (κ1) is 24.8. The molecule has 5 rings (SSSR count). The van der Waals surface area contributed by atoms with Crippen LogP contribution in [0.5, 0.6) is 0 Å². The molecule has 0 atom stereocenters. The van der Waals surface area contributed by atoms with Crippen molar-refractivity contribution in [1.29, 1.82) is 0 Å². The van der Waals surface area contributed by atoms with Crippen LogP contribution in [0.3, 0.4) is 0 Å². The minimum Gasteiger partial charge on any atom is -0.383 e. The molecule has 9 heteroatoms. The van der Waals surface area contributed by atoms with Crippen molar-refractivity contribution in [3.63, 3.8) is 0 Å². The summed E-state index contributed by atoms with van der Waals surface area (Å²) in [5.41, 5.74) is 8.55. The summed E-state index contributed by atoms with van der Waals surface area (Å²) in [6.45, 7) is 3.29. The van der Waals surface area contributed by atoms with Gasteiger partial charge in [-0.25, -0.2) is 9.97 Å². The highest BCUT2D eigenvalue weighted by Gasteiger charge is 2.22. The van der Waals surface area contributed by atoms with Crippen molar-refractivity contribution in [2.24, 2.45) is 5.92 Å². The van der Waals surface area contributed by atoms with Gasteiger partial charge in [-0.2, -0.15) is 0 Å². The Morgan fingerprint density at radius 2 is 1.89 bits per heavy atom. The highest BCUT2D eigenvalue weighted by Crippen LogP contribution is 2.28. The summed E-state index contributed by atoms with van der Waals surface area (Å²) in [7, 11) is 2.01. The number of piperidine rings is 1. The normalized spacial score (nSPS) is 14.1. The van der Waals surface area contributed by atoms with E-state index in [4.69, 9.17) is 17.3 Å². The molecule has 1 amide bonds. The molecular weight excluding hydrogens is 486 g/mol. The van der Waals surface area contributed by atoms with Gasteiger partial charge in [0.05, 0.1) is 10.6 Å². The van der Waals surface area contributed by atoms with Crippen molar-refractivity contribution < 1.29 is 4.79 Å². The fraction of sp³-hybridized carbons (Fsp3) is 0.286. The van der Waals surface area contributed by atoms with Crippen molar-refractivity contribution in [1.82, 2.24) is 20.3 Å². The van der Waals surface area contributed by atoms with Gasteiger partial charge in [-0.15, -0.1) is 0 Å². The van der Waals surface area contributed by atoms with Gasteiger partial charge < -0.3 is 20.9 Å². The smallest absolute Gasteiger partial charge is 0.253 e. The monoisotopic (exact) mass is 515 g/mol. The van der Waals surface area contributed by atoms with E-state index in [1.165, 1.54) is 5.69 Å². The van der Waals surface area contributed by atoms with Crippen LogP contribution >= 0.6 is 11.6 Å². The van der Waals surface area contributed by atoms with Crippen LogP contribution in [0, 0.1) is 5.92 Å². The zero-order valence-electron chi connectivity index (χ0n) is 20.8. The first-order valence-corrected chi connectivity index (χ1v) is 12.8. The Balaban J connectivity index is 1.15. The molecule has 4 aromatic rings. The van der Waals surface area contributed by atoms with E-state index in [2.05, 4.69) is 42.2 Å². The van der Waals surface area contributed by atoms with E-state index in [1.807, 2.05) is 43.7 Å². The summed E-state index contributed by atoms with van der Waals surface area (Å²) >= 11 is 6.57. The number of nitrogen functional groups attached to an aromatic ring is 1. The average molecular weight is 516 g/mol. The second-order valence-electron chi connectivity index (χ2n) is 9.48. The lowest BCUT2D eigenvalue weighted by Crippen LogP contribution is -2.38. The number of halogens is 1. The van der Waals surface area contributed by atoms with Crippen molar-refractivity contribution in [3.8, 4) is 0 Å². The summed E-state index contributed by atoms with van der Waals surface area (Å²) < 4.78 is 0. The van der Waals surface area contributed by atoms with E-state index in [0.29, 0.717) is 34.7 Å². The number of hydrogen-bond donors (Lipinski definition) is 2. The van der Waals surface area contributed by atoms with Gasteiger partial charge in [0.2, 0.25) is 0 Å². The molecular formula is C28H30ClN7O. The SMILES string of the molecule is CN(CC1CCN(c2ccncc2)CC1)c1ncc(C(=O)NCc2ccc3c(N)nccc3c2)cc1Cl. The Morgan fingerprint density at radius 3 is 2.65 bits per heavy atom. The number of aromatic nitrogens is 3. The predicted molar refractivity (Wildman–Crippen MR) is 149 cm³/mol. The molecule has 8 nitrogen and oxygen atoms in total. The standard InChI is InChI=1S/C28H30ClN7O/c1-35(18-19-7-12-36(13-8-19)23-5-9-31-10-6-23)27-25(29)15-22(17-33-27)28(37)34-16-20-2-3-24-21(14-20)4-11-32-26(24)30/h2-6,9-11,14-15,17,19H,7-8,12-13,16,18H2,1H3,(H2,30,32)(H,34,37). The number of carbonyl (C=O) groups is 1. The average Bonchev–Trinajstić information content (AvgIpc) is 2.92. The lowest BCUT2D eigenvalue weighted by Gasteiger charge is -2.35. The largest absolute Gasteiger partial charge is 0.383 e. The van der Waals surface area contributed by atoms with Gasteiger partial charge in [-0.3, -0.25) is 9.78 Å². The van der Waals surface area contributed by atoms with E-state index in [1.54, 1.807) is 18.5 Å². The zero-order valence-corrected chi connectivity index (χ0v) is 21.5. The predicted octanol–water partition coefficient (Wildman–Crippen LogP) is 4.54. The topological polar surface area (TPSA) is 100 Å². The van der Waals surface area contributed by atoms with E-state index in [9.17, 15) is 4.79 Å². The Morgan fingerprint density at radius 1 is 1.11 bits per heavy atom. The fourth-order valence-corrected chi connectivity index (χ4v) is 5.19. The number of hydrogen-bond acceptors (Lipinski definition) is 7. The van der Waals surface area contributed by atoms with Crippen molar-refractivity contribution in [3.05, 3.63) is 83.4 Å². The quantitative estimate of drug-likeness (QED) is 0.372. The van der Waals surface area contributed by atoms with Crippen LogP contribution < -0.4 is 20.9 Å². The molecule has 1 fully saturated rings. The van der Waals surface area contributed by atoms with Gasteiger partial charge >= 0.3 is 0 Å². The van der Waals surface area contributed by atoms with Crippen LogP contribution in [0.1, 0.15) is 28.8 Å². The van der Waals surface area contributed by atoms with E-state index < -0.39 is 0 Å². The summed E-state index contributed by atoms with van der Waals surface area (Å²) in [4.78, 5) is 30.0. The summed E-state index contributed by atoms with van der Waals surface area (Å²) in [6, 6.07) is 13.6. The highest BCUT2D eigenvalue weighted by atomic mass is 35.5. The second kappa shape index (κ2) is 11.0. The van der Waals surface area contributed by atoms with Crippen molar-refractivity contribution in [2.75, 3.05) is 42.2 Å². The van der Waals surface area contributed by atoms with Crippen LogP contribution in [0.25, 0.3) is 10.8 Å². The van der Waals surface area contributed by atoms with E-state index in [0.717, 1.165) is 48.8 Å². The third-order valence-corrected chi connectivity index (χ3v) is 7.21. The number of rotatable bonds is 7. The van der Waals surface area contributed by atoms with Crippen molar-refractivity contribution >= 4 is 45.6 Å². The van der Waals surface area contributed by atoms with Gasteiger partial charge in [-0.05, 0) is 60.0 Å². The number of fused-ring (bicyclic) bond motifs is 1. The molecule has 1 aliphatic heterocycles. The Labute approximate surface area is 221 Å². The molecule has 0 spiro atoms. The first-order chi connectivity index (χ1) is 18.0. The van der Waals surface area contributed by atoms with Crippen molar-refractivity contribution in [2.45, 2.75) is 19.4 Å². The number of anilines is 3. The lowest BCUT2D eigenvalue weighted by molar-refractivity contribution is 0.0950. The number of benzene rings is 1. The lowest BCUT2D eigenvalue weighted by atomic mass is 9.96. The molecule has 0 radical (unpaired) electrons. The number of amides is 1. The third kappa shape index (κ3) is 5.75. The molecule has 1 saturated heterocycles. The molecule has 190 valence electrons. The highest BCUT2D eigenvalue weighted by molar-refractivity contribution is 6.33. The van der Waals surface area contributed by atoms with Crippen LogP contribution in [0.2, 0.25) is 5.02 Å². The molecule has 0 aliphatic carbocycles. The van der Waals surface area contributed by atoms with Gasteiger partial charge in [0.15, 0.2) is 0 Å². The Kier molecular flexibility index (Phi) is 7.37. The summed E-state index contributed by atoms with van der Waals surface area (Å²) in [5, 5.41) is 5.30. The van der Waals surface area contributed by atoms with Crippen LogP contribution in [-0.4, -0.2) is 47.5 Å². The molecule has 37 heavy (non-hydrogen) atoms. The van der Waals surface area contributed by atoms with Gasteiger partial charge in [0, 0.05) is 69.1 Å². The van der Waals surface area contributed by atoms with Crippen LogP contribution in [-0.2, 0) is 6.54 Å². The number of nitrogens with one attached hydrogen (secondary N) is 1. The van der Waals surface area contributed by atoms with Gasteiger partial charge in [0.25, 0.3) is 5.91 Å². The first-order valence-electron chi connectivity index (χ1n) is 12.4. The Bertz CT molecular complexity index is 1390. The molecule has 1 aliphatic rings. The number of pyridine rings is 3. The molecule has 4 heterocycles.